The second kappa shape index (κ2) is 6.74. The monoisotopic (exact) mass is 388 g/mol. The van der Waals surface area contributed by atoms with Crippen molar-refractivity contribution in [3.05, 3.63) is 60.2 Å². The molecule has 146 valence electrons. The minimum Gasteiger partial charge on any atom is -0.362 e. The van der Waals surface area contributed by atoms with Crippen molar-refractivity contribution in [2.45, 2.75) is 37.6 Å². The summed E-state index contributed by atoms with van der Waals surface area (Å²) in [7, 11) is 0. The first-order chi connectivity index (χ1) is 13.3. The van der Waals surface area contributed by atoms with E-state index in [1.807, 2.05) is 30.3 Å². The van der Waals surface area contributed by atoms with Crippen molar-refractivity contribution < 1.29 is 23.1 Å². The molecule has 0 bridgehead atoms. The summed E-state index contributed by atoms with van der Waals surface area (Å²) in [4.78, 5) is 12.9. The van der Waals surface area contributed by atoms with E-state index in [4.69, 9.17) is 0 Å². The molecule has 2 aromatic carbocycles. The lowest BCUT2D eigenvalue weighted by atomic mass is 9.80. The predicted octanol–water partition coefficient (Wildman–Crippen LogP) is 4.61. The van der Waals surface area contributed by atoms with Crippen LogP contribution < -0.4 is 0 Å². The number of benzene rings is 2. The van der Waals surface area contributed by atoms with E-state index in [0.717, 1.165) is 11.1 Å². The zero-order chi connectivity index (χ0) is 19.9. The zero-order valence-electron chi connectivity index (χ0n) is 15.0. The number of hydrogen-bond donors (Lipinski definition) is 1. The minimum absolute atomic E-state index is 0.0466. The molecule has 2 aliphatic rings. The Balaban J connectivity index is 1.67. The van der Waals surface area contributed by atoms with Gasteiger partial charge in [-0.3, -0.25) is 4.79 Å². The predicted molar refractivity (Wildman–Crippen MR) is 98.4 cm³/mol. The molecule has 2 atom stereocenters. The van der Waals surface area contributed by atoms with Crippen LogP contribution in [0.2, 0.25) is 0 Å². The van der Waals surface area contributed by atoms with Gasteiger partial charge in [0.1, 0.15) is 0 Å². The van der Waals surface area contributed by atoms with E-state index in [0.29, 0.717) is 19.3 Å². The van der Waals surface area contributed by atoms with E-state index in [1.54, 1.807) is 12.1 Å². The van der Waals surface area contributed by atoms with Crippen LogP contribution in [0.4, 0.5) is 13.2 Å². The van der Waals surface area contributed by atoms with Crippen molar-refractivity contribution in [3.63, 3.8) is 0 Å². The van der Waals surface area contributed by atoms with Gasteiger partial charge >= 0.3 is 6.18 Å². The first-order valence-electron chi connectivity index (χ1n) is 9.19. The highest BCUT2D eigenvalue weighted by Gasteiger charge is 2.68. The Morgan fingerprint density at radius 2 is 1.68 bits per heavy atom. The topological polar surface area (TPSA) is 52.9 Å². The van der Waals surface area contributed by atoms with E-state index < -0.39 is 23.7 Å². The fraction of sp³-hybridized carbons (Fsp3) is 0.333. The molecule has 1 heterocycles. The molecule has 1 aliphatic carbocycles. The Morgan fingerprint density at radius 1 is 1.04 bits per heavy atom. The SMILES string of the molecule is O=C(c1ccc(-c2ccccc2)cc1)N1N=C2CCCC[C@@H]2[C@]1(O)C(F)(F)F. The minimum atomic E-state index is -5.00. The van der Waals surface area contributed by atoms with Gasteiger partial charge in [-0.1, -0.05) is 48.9 Å². The van der Waals surface area contributed by atoms with Crippen LogP contribution in [0.5, 0.6) is 0 Å². The van der Waals surface area contributed by atoms with E-state index >= 15 is 0 Å². The van der Waals surface area contributed by atoms with Gasteiger partial charge in [0, 0.05) is 11.3 Å². The van der Waals surface area contributed by atoms with Crippen molar-refractivity contribution in [2.24, 2.45) is 11.0 Å². The second-order valence-electron chi connectivity index (χ2n) is 7.17. The molecular formula is C21H19F3N2O2. The molecule has 28 heavy (non-hydrogen) atoms. The van der Waals surface area contributed by atoms with Crippen LogP contribution in [0.15, 0.2) is 59.7 Å². The molecule has 1 saturated carbocycles. The van der Waals surface area contributed by atoms with Crippen molar-refractivity contribution in [2.75, 3.05) is 0 Å². The summed E-state index contributed by atoms with van der Waals surface area (Å²) in [6.07, 6.45) is -3.21. The van der Waals surface area contributed by atoms with Gasteiger partial charge in [0.25, 0.3) is 11.6 Å². The fourth-order valence-electron chi connectivity index (χ4n) is 3.98. The number of fused-ring (bicyclic) bond motifs is 1. The summed E-state index contributed by atoms with van der Waals surface area (Å²) < 4.78 is 41.4. The summed E-state index contributed by atoms with van der Waals surface area (Å²) in [5.74, 6) is -2.16. The van der Waals surface area contributed by atoms with Crippen molar-refractivity contribution in [1.29, 1.82) is 0 Å². The van der Waals surface area contributed by atoms with Crippen LogP contribution in [0.3, 0.4) is 0 Å². The van der Waals surface area contributed by atoms with Crippen molar-refractivity contribution >= 4 is 11.6 Å². The summed E-state index contributed by atoms with van der Waals surface area (Å²) in [6, 6.07) is 15.7. The number of rotatable bonds is 2. The number of amides is 1. The van der Waals surface area contributed by atoms with Crippen LogP contribution in [0.25, 0.3) is 11.1 Å². The molecule has 7 heteroatoms. The Labute approximate surface area is 160 Å². The number of alkyl halides is 3. The van der Waals surface area contributed by atoms with Crippen molar-refractivity contribution in [3.8, 4) is 11.1 Å². The molecule has 1 N–H and O–H groups in total. The third-order valence-electron chi connectivity index (χ3n) is 5.46. The maximum atomic E-state index is 13.8. The molecule has 1 aliphatic heterocycles. The van der Waals surface area contributed by atoms with Gasteiger partial charge in [0.15, 0.2) is 0 Å². The van der Waals surface area contributed by atoms with Gasteiger partial charge < -0.3 is 5.11 Å². The molecule has 4 rings (SSSR count). The van der Waals surface area contributed by atoms with E-state index in [1.165, 1.54) is 12.1 Å². The molecule has 4 nitrogen and oxygen atoms in total. The lowest BCUT2D eigenvalue weighted by molar-refractivity contribution is -0.312. The average Bonchev–Trinajstić information content (AvgIpc) is 3.02. The first kappa shape index (κ1) is 18.7. The first-order valence-corrected chi connectivity index (χ1v) is 9.19. The molecule has 0 saturated heterocycles. The van der Waals surface area contributed by atoms with Gasteiger partial charge in [0.2, 0.25) is 0 Å². The molecule has 1 amide bonds. The molecule has 1 fully saturated rings. The maximum absolute atomic E-state index is 13.8. The quantitative estimate of drug-likeness (QED) is 0.817. The highest BCUT2D eigenvalue weighted by Crippen LogP contribution is 2.48. The fourth-order valence-corrected chi connectivity index (χ4v) is 3.98. The number of hydrogen-bond acceptors (Lipinski definition) is 3. The van der Waals surface area contributed by atoms with Crippen LogP contribution in [-0.2, 0) is 0 Å². The summed E-state index contributed by atoms with van der Waals surface area (Å²) in [5.41, 5.74) is -1.23. The molecule has 0 unspecified atom stereocenters. The van der Waals surface area contributed by atoms with Gasteiger partial charge in [-0.2, -0.15) is 23.3 Å². The average molecular weight is 388 g/mol. The van der Waals surface area contributed by atoms with E-state index in [9.17, 15) is 23.1 Å². The normalized spacial score (nSPS) is 24.6. The van der Waals surface area contributed by atoms with Crippen LogP contribution in [0.1, 0.15) is 36.0 Å². The van der Waals surface area contributed by atoms with E-state index in [-0.39, 0.29) is 22.7 Å². The molecule has 2 aromatic rings. The number of carbonyl (C=O) groups excluding carboxylic acids is 1. The Hall–Kier alpha value is -2.67. The Kier molecular flexibility index (Phi) is 4.50. The highest BCUT2D eigenvalue weighted by atomic mass is 19.4. The maximum Gasteiger partial charge on any atom is 0.439 e. The van der Waals surface area contributed by atoms with Crippen LogP contribution in [-0.4, -0.2) is 33.6 Å². The molecule has 0 radical (unpaired) electrons. The third kappa shape index (κ3) is 2.90. The summed E-state index contributed by atoms with van der Waals surface area (Å²) in [5, 5.41) is 14.8. The van der Waals surface area contributed by atoms with Crippen molar-refractivity contribution in [1.82, 2.24) is 5.01 Å². The Bertz CT molecular complexity index is 909. The van der Waals surface area contributed by atoms with Crippen LogP contribution in [0, 0.1) is 5.92 Å². The molecule has 0 spiro atoms. The number of nitrogens with zero attached hydrogens (tertiary/aromatic N) is 2. The summed E-state index contributed by atoms with van der Waals surface area (Å²) in [6.45, 7) is 0. The number of hydrazone groups is 1. The van der Waals surface area contributed by atoms with E-state index in [2.05, 4.69) is 5.10 Å². The second-order valence-corrected chi connectivity index (χ2v) is 7.17. The number of aliphatic hydroxyl groups is 1. The van der Waals surface area contributed by atoms with Crippen LogP contribution >= 0.6 is 0 Å². The summed E-state index contributed by atoms with van der Waals surface area (Å²) >= 11 is 0. The lowest BCUT2D eigenvalue weighted by Gasteiger charge is -2.38. The zero-order valence-corrected chi connectivity index (χ0v) is 15.0. The molecule has 0 aromatic heterocycles. The van der Waals surface area contributed by atoms with Gasteiger partial charge in [-0.05, 0) is 42.5 Å². The largest absolute Gasteiger partial charge is 0.439 e. The standard InChI is InChI=1S/C21H19F3N2O2/c22-21(23,24)20(28)17-8-4-5-9-18(17)25-26(20)19(27)16-12-10-15(11-13-16)14-6-2-1-3-7-14/h1-3,6-7,10-13,17,28H,4-5,8-9H2/t17-,20-/m0/s1. The number of carbonyl (C=O) groups is 1. The smallest absolute Gasteiger partial charge is 0.362 e. The van der Waals surface area contributed by atoms with Gasteiger partial charge in [0.05, 0.1) is 5.92 Å². The molecular weight excluding hydrogens is 369 g/mol. The van der Waals surface area contributed by atoms with Gasteiger partial charge in [-0.15, -0.1) is 0 Å². The van der Waals surface area contributed by atoms with Gasteiger partial charge in [-0.25, -0.2) is 0 Å². The third-order valence-corrected chi connectivity index (χ3v) is 5.46. The Morgan fingerprint density at radius 3 is 2.32 bits per heavy atom. The highest BCUT2D eigenvalue weighted by molar-refractivity contribution is 5.99. The number of halogens is 3. The lowest BCUT2D eigenvalue weighted by Crippen LogP contribution is -2.61.